The summed E-state index contributed by atoms with van der Waals surface area (Å²) in [5.41, 5.74) is 7.66. The van der Waals surface area contributed by atoms with Gasteiger partial charge in [0.2, 0.25) is 0 Å². The van der Waals surface area contributed by atoms with E-state index in [9.17, 15) is 0 Å². The Morgan fingerprint density at radius 3 is 2.52 bits per heavy atom. The molecule has 2 rings (SSSR count). The normalized spacial score (nSPS) is 21.8. The largest absolute Gasteiger partial charge is 0.497 e. The Balaban J connectivity index is 2.22. The molecule has 0 saturated carbocycles. The maximum Gasteiger partial charge on any atom is 0.119 e. The number of ether oxygens (including phenoxy) is 1. The van der Waals surface area contributed by atoms with Crippen LogP contribution in [-0.2, 0) is 5.54 Å². The first kappa shape index (κ1) is 16.3. The molecule has 0 spiro atoms. The molecule has 0 aromatic heterocycles. The van der Waals surface area contributed by atoms with Gasteiger partial charge >= 0.3 is 0 Å². The molecule has 1 heterocycles. The first-order valence-electron chi connectivity index (χ1n) is 7.87. The van der Waals surface area contributed by atoms with Crippen LogP contribution in [0.2, 0.25) is 0 Å². The minimum atomic E-state index is -0.343. The number of hydrogen-bond donors (Lipinski definition) is 1. The van der Waals surface area contributed by atoms with Crippen molar-refractivity contribution in [3.05, 3.63) is 29.8 Å². The van der Waals surface area contributed by atoms with Crippen LogP contribution in [0.3, 0.4) is 0 Å². The van der Waals surface area contributed by atoms with E-state index < -0.39 is 0 Å². The van der Waals surface area contributed by atoms with Crippen molar-refractivity contribution >= 4 is 0 Å². The molecule has 1 saturated heterocycles. The van der Waals surface area contributed by atoms with Gasteiger partial charge in [-0.05, 0) is 38.1 Å². The summed E-state index contributed by atoms with van der Waals surface area (Å²) in [6.07, 6.45) is 0.910. The van der Waals surface area contributed by atoms with E-state index in [-0.39, 0.29) is 5.54 Å². The molecule has 4 nitrogen and oxygen atoms in total. The van der Waals surface area contributed by atoms with Gasteiger partial charge in [0.25, 0.3) is 0 Å². The molecule has 1 aromatic carbocycles. The average molecular weight is 291 g/mol. The van der Waals surface area contributed by atoms with Gasteiger partial charge in [-0.2, -0.15) is 0 Å². The van der Waals surface area contributed by atoms with Crippen molar-refractivity contribution in [1.29, 1.82) is 0 Å². The first-order chi connectivity index (χ1) is 10.0. The second-order valence-corrected chi connectivity index (χ2v) is 6.14. The van der Waals surface area contributed by atoms with E-state index in [1.807, 2.05) is 12.1 Å². The first-order valence-corrected chi connectivity index (χ1v) is 7.87. The summed E-state index contributed by atoms with van der Waals surface area (Å²) in [4.78, 5) is 4.89. The Hall–Kier alpha value is -1.10. The molecular weight excluding hydrogens is 262 g/mol. The van der Waals surface area contributed by atoms with E-state index in [1.165, 1.54) is 0 Å². The van der Waals surface area contributed by atoms with Crippen LogP contribution in [0.5, 0.6) is 5.75 Å². The van der Waals surface area contributed by atoms with Crippen molar-refractivity contribution in [3.8, 4) is 5.75 Å². The van der Waals surface area contributed by atoms with Crippen LogP contribution in [0, 0.1) is 0 Å². The van der Waals surface area contributed by atoms with Gasteiger partial charge in [-0.15, -0.1) is 0 Å². The quantitative estimate of drug-likeness (QED) is 0.899. The number of rotatable bonds is 5. The summed E-state index contributed by atoms with van der Waals surface area (Å²) in [5.74, 6) is 0.876. The third-order valence-electron chi connectivity index (χ3n) is 5.02. The molecular formula is C17H29N3O. The van der Waals surface area contributed by atoms with Crippen molar-refractivity contribution < 1.29 is 4.74 Å². The topological polar surface area (TPSA) is 41.7 Å². The zero-order chi connectivity index (χ0) is 15.5. The number of piperazine rings is 1. The van der Waals surface area contributed by atoms with Crippen molar-refractivity contribution in [2.24, 2.45) is 5.73 Å². The molecule has 0 radical (unpaired) electrons. The van der Waals surface area contributed by atoms with Gasteiger partial charge in [0, 0.05) is 32.2 Å². The fourth-order valence-electron chi connectivity index (χ4n) is 3.19. The smallest absolute Gasteiger partial charge is 0.119 e. The number of nitrogens with two attached hydrogens (primary N) is 1. The summed E-state index contributed by atoms with van der Waals surface area (Å²) in [7, 11) is 3.88. The van der Waals surface area contributed by atoms with Crippen LogP contribution in [-0.4, -0.2) is 56.2 Å². The minimum absolute atomic E-state index is 0.309. The lowest BCUT2D eigenvalue weighted by Gasteiger charge is -2.45. The molecule has 118 valence electrons. The second kappa shape index (κ2) is 6.77. The standard InChI is InChI=1S/C17H29N3O/c1-5-17(18,15-7-6-8-16(13-15)21-4)14(2)20-11-9-19(3)10-12-20/h6-8,13-14H,5,9-12,18H2,1-4H3. The van der Waals surface area contributed by atoms with Crippen molar-refractivity contribution in [1.82, 2.24) is 9.80 Å². The lowest BCUT2D eigenvalue weighted by atomic mass is 9.81. The zero-order valence-corrected chi connectivity index (χ0v) is 13.8. The lowest BCUT2D eigenvalue weighted by Crippen LogP contribution is -2.58. The van der Waals surface area contributed by atoms with Gasteiger partial charge < -0.3 is 15.4 Å². The summed E-state index contributed by atoms with van der Waals surface area (Å²) < 4.78 is 5.36. The third-order valence-corrected chi connectivity index (χ3v) is 5.02. The van der Waals surface area contributed by atoms with Crippen LogP contribution in [0.25, 0.3) is 0 Å². The molecule has 0 aliphatic carbocycles. The van der Waals surface area contributed by atoms with Crippen LogP contribution in [0.4, 0.5) is 0 Å². The molecule has 2 atom stereocenters. The van der Waals surface area contributed by atoms with Gasteiger partial charge in [0.05, 0.1) is 12.6 Å². The van der Waals surface area contributed by atoms with Gasteiger partial charge in [-0.3, -0.25) is 4.90 Å². The van der Waals surface area contributed by atoms with Crippen LogP contribution in [0.15, 0.2) is 24.3 Å². The number of benzene rings is 1. The Labute approximate surface area is 128 Å². The molecule has 2 unspecified atom stereocenters. The monoisotopic (exact) mass is 291 g/mol. The van der Waals surface area contributed by atoms with Gasteiger partial charge in [0.1, 0.15) is 5.75 Å². The third kappa shape index (κ3) is 3.39. The molecule has 1 fully saturated rings. The fourth-order valence-corrected chi connectivity index (χ4v) is 3.19. The highest BCUT2D eigenvalue weighted by molar-refractivity contribution is 5.34. The molecule has 1 aromatic rings. The maximum absolute atomic E-state index is 6.84. The molecule has 1 aliphatic heterocycles. The highest BCUT2D eigenvalue weighted by Gasteiger charge is 2.36. The Morgan fingerprint density at radius 2 is 1.95 bits per heavy atom. The van der Waals surface area contributed by atoms with E-state index in [2.05, 4.69) is 42.8 Å². The van der Waals surface area contributed by atoms with E-state index in [0.29, 0.717) is 6.04 Å². The summed E-state index contributed by atoms with van der Waals surface area (Å²) in [6, 6.07) is 8.51. The summed E-state index contributed by atoms with van der Waals surface area (Å²) >= 11 is 0. The Morgan fingerprint density at radius 1 is 1.29 bits per heavy atom. The molecule has 4 heteroatoms. The summed E-state index contributed by atoms with van der Waals surface area (Å²) in [5, 5.41) is 0. The van der Waals surface area contributed by atoms with Gasteiger partial charge in [-0.1, -0.05) is 19.1 Å². The molecule has 0 amide bonds. The number of likely N-dealkylation sites (N-methyl/N-ethyl adjacent to an activating group) is 1. The lowest BCUT2D eigenvalue weighted by molar-refractivity contribution is 0.0737. The number of methoxy groups -OCH3 is 1. The second-order valence-electron chi connectivity index (χ2n) is 6.14. The van der Waals surface area contributed by atoms with E-state index in [0.717, 1.165) is 43.9 Å². The van der Waals surface area contributed by atoms with E-state index in [1.54, 1.807) is 7.11 Å². The highest BCUT2D eigenvalue weighted by atomic mass is 16.5. The minimum Gasteiger partial charge on any atom is -0.497 e. The van der Waals surface area contributed by atoms with E-state index in [4.69, 9.17) is 10.5 Å². The molecule has 2 N–H and O–H groups in total. The van der Waals surface area contributed by atoms with Crippen molar-refractivity contribution in [3.63, 3.8) is 0 Å². The number of hydrogen-bond acceptors (Lipinski definition) is 4. The van der Waals surface area contributed by atoms with Crippen LogP contribution in [0.1, 0.15) is 25.8 Å². The maximum atomic E-state index is 6.84. The van der Waals surface area contributed by atoms with Crippen LogP contribution < -0.4 is 10.5 Å². The number of nitrogens with zero attached hydrogens (tertiary/aromatic N) is 2. The Kier molecular flexibility index (Phi) is 5.25. The highest BCUT2D eigenvalue weighted by Crippen LogP contribution is 2.31. The Bertz CT molecular complexity index is 457. The van der Waals surface area contributed by atoms with Gasteiger partial charge in [0.15, 0.2) is 0 Å². The molecule has 1 aliphatic rings. The summed E-state index contributed by atoms with van der Waals surface area (Å²) in [6.45, 7) is 8.83. The predicted molar refractivity (Wildman–Crippen MR) is 87.7 cm³/mol. The van der Waals surface area contributed by atoms with Crippen LogP contribution >= 0.6 is 0 Å². The van der Waals surface area contributed by atoms with Crippen molar-refractivity contribution in [2.45, 2.75) is 31.8 Å². The van der Waals surface area contributed by atoms with E-state index >= 15 is 0 Å². The van der Waals surface area contributed by atoms with Crippen molar-refractivity contribution in [2.75, 3.05) is 40.3 Å². The SMILES string of the molecule is CCC(N)(c1cccc(OC)c1)C(C)N1CCN(C)CC1. The molecule has 0 bridgehead atoms. The molecule has 21 heavy (non-hydrogen) atoms. The average Bonchev–Trinajstić information content (AvgIpc) is 2.54. The predicted octanol–water partition coefficient (Wildman–Crippen LogP) is 1.90. The fraction of sp³-hybridized carbons (Fsp3) is 0.647. The zero-order valence-electron chi connectivity index (χ0n) is 13.8. The van der Waals surface area contributed by atoms with Gasteiger partial charge in [-0.25, -0.2) is 0 Å².